The Balaban J connectivity index is 1.75. The molecule has 2 heterocycles. The van der Waals surface area contributed by atoms with Gasteiger partial charge in [-0.25, -0.2) is 9.59 Å². The molecule has 0 radical (unpaired) electrons. The smallest absolute Gasteiger partial charge is 0.341 e. The van der Waals surface area contributed by atoms with E-state index in [4.69, 9.17) is 30.5 Å². The maximum atomic E-state index is 13.0. The largest absolute Gasteiger partial charge is 0.496 e. The van der Waals surface area contributed by atoms with Crippen LogP contribution in [0.2, 0.25) is 5.02 Å². The summed E-state index contributed by atoms with van der Waals surface area (Å²) in [6.45, 7) is 2.41. The SMILES string of the molecule is COC(=O)c1cc(Cl)c(NC(=O)N(CC2CCCO2)CC2CCCO2)cc1OC. The summed E-state index contributed by atoms with van der Waals surface area (Å²) in [5, 5.41) is 3.05. The molecule has 1 aromatic carbocycles. The van der Waals surface area contributed by atoms with E-state index in [0.29, 0.717) is 18.8 Å². The molecule has 2 fully saturated rings. The molecule has 9 heteroatoms. The Morgan fingerprint density at radius 1 is 1.14 bits per heavy atom. The first-order chi connectivity index (χ1) is 14.0. The van der Waals surface area contributed by atoms with Gasteiger partial charge in [0.05, 0.1) is 37.1 Å². The lowest BCUT2D eigenvalue weighted by molar-refractivity contribution is 0.0524. The standard InChI is InChI=1S/C20H27ClN2O6/c1-26-18-10-17(16(21)9-15(18)19(24)27-2)22-20(25)23(11-13-5-3-7-28-13)12-14-6-4-8-29-14/h9-10,13-14H,3-8,11-12H2,1-2H3,(H,22,25). The summed E-state index contributed by atoms with van der Waals surface area (Å²) in [5.41, 5.74) is 0.541. The van der Waals surface area contributed by atoms with Crippen molar-refractivity contribution in [2.75, 3.05) is 45.8 Å². The second-order valence-corrected chi connectivity index (χ2v) is 7.54. The summed E-state index contributed by atoms with van der Waals surface area (Å²) in [6, 6.07) is 2.64. The predicted octanol–water partition coefficient (Wildman–Crippen LogP) is 3.33. The number of benzene rings is 1. The van der Waals surface area contributed by atoms with E-state index in [1.807, 2.05) is 0 Å². The van der Waals surface area contributed by atoms with E-state index in [1.165, 1.54) is 26.4 Å². The van der Waals surface area contributed by atoms with Crippen LogP contribution < -0.4 is 10.1 Å². The zero-order valence-corrected chi connectivity index (χ0v) is 17.5. The first-order valence-electron chi connectivity index (χ1n) is 9.76. The number of hydrogen-bond donors (Lipinski definition) is 1. The number of nitrogens with zero attached hydrogens (tertiary/aromatic N) is 1. The van der Waals surface area contributed by atoms with Gasteiger partial charge < -0.3 is 29.2 Å². The van der Waals surface area contributed by atoms with E-state index < -0.39 is 5.97 Å². The van der Waals surface area contributed by atoms with E-state index in [1.54, 1.807) is 4.90 Å². The van der Waals surface area contributed by atoms with E-state index in [2.05, 4.69) is 5.32 Å². The van der Waals surface area contributed by atoms with Gasteiger partial charge >= 0.3 is 12.0 Å². The molecule has 29 heavy (non-hydrogen) atoms. The molecule has 2 aliphatic rings. The molecule has 2 saturated heterocycles. The lowest BCUT2D eigenvalue weighted by Gasteiger charge is -2.28. The van der Waals surface area contributed by atoms with Gasteiger partial charge in [-0.3, -0.25) is 0 Å². The zero-order chi connectivity index (χ0) is 20.8. The molecule has 0 spiro atoms. The number of esters is 1. The van der Waals surface area contributed by atoms with Crippen molar-refractivity contribution in [3.8, 4) is 5.75 Å². The van der Waals surface area contributed by atoms with Crippen LogP contribution in [0.4, 0.5) is 10.5 Å². The van der Waals surface area contributed by atoms with Gasteiger partial charge in [-0.05, 0) is 31.7 Å². The minimum atomic E-state index is -0.569. The third-order valence-corrected chi connectivity index (χ3v) is 5.43. The summed E-state index contributed by atoms with van der Waals surface area (Å²) >= 11 is 6.30. The number of anilines is 1. The first kappa shape index (κ1) is 21.7. The number of methoxy groups -OCH3 is 2. The molecule has 2 aliphatic heterocycles. The van der Waals surface area contributed by atoms with Crippen LogP contribution in [0.1, 0.15) is 36.0 Å². The second kappa shape index (κ2) is 10.1. The third kappa shape index (κ3) is 5.52. The minimum absolute atomic E-state index is 0.0221. The molecule has 0 aromatic heterocycles. The number of nitrogens with one attached hydrogen (secondary N) is 1. The summed E-state index contributed by atoms with van der Waals surface area (Å²) < 4.78 is 21.4. The van der Waals surface area contributed by atoms with Gasteiger partial charge in [0, 0.05) is 32.4 Å². The molecule has 8 nitrogen and oxygen atoms in total. The molecule has 1 N–H and O–H groups in total. The summed E-state index contributed by atoms with van der Waals surface area (Å²) in [7, 11) is 2.71. The highest BCUT2D eigenvalue weighted by molar-refractivity contribution is 6.34. The van der Waals surface area contributed by atoms with Gasteiger partial charge in [0.15, 0.2) is 0 Å². The quantitative estimate of drug-likeness (QED) is 0.673. The molecule has 0 aliphatic carbocycles. The number of amides is 2. The molecule has 2 atom stereocenters. The molecule has 0 saturated carbocycles. The second-order valence-electron chi connectivity index (χ2n) is 7.13. The van der Waals surface area contributed by atoms with Gasteiger partial charge in [0.25, 0.3) is 0 Å². The van der Waals surface area contributed by atoms with Gasteiger partial charge in [-0.2, -0.15) is 0 Å². The molecule has 0 bridgehead atoms. The van der Waals surface area contributed by atoms with Gasteiger partial charge in [0.2, 0.25) is 0 Å². The lowest BCUT2D eigenvalue weighted by atomic mass is 10.1. The van der Waals surface area contributed by atoms with Crippen molar-refractivity contribution in [2.45, 2.75) is 37.9 Å². The van der Waals surface area contributed by atoms with Crippen LogP contribution in [-0.2, 0) is 14.2 Å². The van der Waals surface area contributed by atoms with Crippen LogP contribution in [-0.4, -0.2) is 69.6 Å². The van der Waals surface area contributed by atoms with E-state index in [-0.39, 0.29) is 34.6 Å². The topological polar surface area (TPSA) is 86.3 Å². The number of carbonyl (C=O) groups excluding carboxylic acids is 2. The van der Waals surface area contributed by atoms with Crippen molar-refractivity contribution in [3.05, 3.63) is 22.7 Å². The first-order valence-corrected chi connectivity index (χ1v) is 10.1. The molecular formula is C20H27ClN2O6. The average Bonchev–Trinajstić information content (AvgIpc) is 3.42. The Morgan fingerprint density at radius 2 is 1.76 bits per heavy atom. The summed E-state index contributed by atoms with van der Waals surface area (Å²) in [6.07, 6.45) is 3.90. The normalized spacial score (nSPS) is 21.1. The van der Waals surface area contributed by atoms with Crippen molar-refractivity contribution < 1.29 is 28.5 Å². The molecule has 160 valence electrons. The number of carbonyl (C=O) groups is 2. The maximum Gasteiger partial charge on any atom is 0.341 e. The van der Waals surface area contributed by atoms with E-state index in [9.17, 15) is 9.59 Å². The molecule has 2 unspecified atom stereocenters. The Kier molecular flexibility index (Phi) is 7.57. The van der Waals surface area contributed by atoms with Crippen molar-refractivity contribution in [1.82, 2.24) is 4.90 Å². The Hall–Kier alpha value is -2.03. The molecule has 3 rings (SSSR count). The fourth-order valence-corrected chi connectivity index (χ4v) is 3.80. The summed E-state index contributed by atoms with van der Waals surface area (Å²) in [5.74, 6) is -0.304. The van der Waals surface area contributed by atoms with Crippen molar-refractivity contribution in [3.63, 3.8) is 0 Å². The van der Waals surface area contributed by atoms with Crippen LogP contribution in [0.25, 0.3) is 0 Å². The zero-order valence-electron chi connectivity index (χ0n) is 16.7. The average molecular weight is 427 g/mol. The van der Waals surface area contributed by atoms with Crippen molar-refractivity contribution in [1.29, 1.82) is 0 Å². The van der Waals surface area contributed by atoms with Gasteiger partial charge in [-0.15, -0.1) is 0 Å². The Labute approximate surface area is 175 Å². The lowest BCUT2D eigenvalue weighted by Crippen LogP contribution is -2.44. The number of ether oxygens (including phenoxy) is 4. The molecule has 2 amide bonds. The number of urea groups is 1. The van der Waals surface area contributed by atoms with Crippen molar-refractivity contribution >= 4 is 29.3 Å². The minimum Gasteiger partial charge on any atom is -0.496 e. The van der Waals surface area contributed by atoms with Crippen LogP contribution in [0.3, 0.4) is 0 Å². The Bertz CT molecular complexity index is 714. The predicted molar refractivity (Wildman–Crippen MR) is 108 cm³/mol. The monoisotopic (exact) mass is 426 g/mol. The molecule has 1 aromatic rings. The summed E-state index contributed by atoms with van der Waals surface area (Å²) in [4.78, 5) is 26.6. The Morgan fingerprint density at radius 3 is 2.24 bits per heavy atom. The highest BCUT2D eigenvalue weighted by Crippen LogP contribution is 2.32. The van der Waals surface area contributed by atoms with Crippen LogP contribution >= 0.6 is 11.6 Å². The number of hydrogen-bond acceptors (Lipinski definition) is 6. The van der Waals surface area contributed by atoms with Gasteiger partial charge in [-0.1, -0.05) is 11.6 Å². The van der Waals surface area contributed by atoms with Crippen LogP contribution in [0.15, 0.2) is 12.1 Å². The number of halogens is 1. The third-order valence-electron chi connectivity index (χ3n) is 5.12. The van der Waals surface area contributed by atoms with Gasteiger partial charge in [0.1, 0.15) is 11.3 Å². The van der Waals surface area contributed by atoms with Crippen molar-refractivity contribution in [2.24, 2.45) is 0 Å². The van der Waals surface area contributed by atoms with Crippen LogP contribution in [0.5, 0.6) is 5.75 Å². The highest BCUT2D eigenvalue weighted by Gasteiger charge is 2.27. The van der Waals surface area contributed by atoms with E-state index in [0.717, 1.165) is 38.9 Å². The maximum absolute atomic E-state index is 13.0. The highest BCUT2D eigenvalue weighted by atomic mass is 35.5. The van der Waals surface area contributed by atoms with E-state index >= 15 is 0 Å². The fraction of sp³-hybridized carbons (Fsp3) is 0.600. The van der Waals surface area contributed by atoms with Crippen LogP contribution in [0, 0.1) is 0 Å². The fourth-order valence-electron chi connectivity index (χ4n) is 3.59. The molecular weight excluding hydrogens is 400 g/mol. The number of rotatable bonds is 7.